The largest absolute Gasteiger partial charge is 0.459 e. The lowest BCUT2D eigenvalue weighted by molar-refractivity contribution is 0.0915. The lowest BCUT2D eigenvalue weighted by atomic mass is 9.82. The van der Waals surface area contributed by atoms with E-state index in [1.165, 1.54) is 19.1 Å². The molecule has 0 aromatic carbocycles. The van der Waals surface area contributed by atoms with Crippen molar-refractivity contribution in [3.05, 3.63) is 54.2 Å². The molecule has 0 bridgehead atoms. The molecule has 0 aliphatic heterocycles. The van der Waals surface area contributed by atoms with E-state index in [9.17, 15) is 4.79 Å². The summed E-state index contributed by atoms with van der Waals surface area (Å²) in [6.45, 7) is 0.615. The van der Waals surface area contributed by atoms with E-state index >= 15 is 0 Å². The normalized spacial score (nSPS) is 17.0. The zero-order chi connectivity index (χ0) is 13.8. The molecule has 2 heterocycles. The van der Waals surface area contributed by atoms with Gasteiger partial charge in [0.25, 0.3) is 5.91 Å². The number of aromatic nitrogens is 1. The van der Waals surface area contributed by atoms with Crippen molar-refractivity contribution in [1.29, 1.82) is 0 Å². The summed E-state index contributed by atoms with van der Waals surface area (Å²) in [6, 6.07) is 9.39. The Balaban J connectivity index is 1.74. The first kappa shape index (κ1) is 12.9. The SMILES string of the molecule is O=C(NCC1(c2ccccn2)CCCC1)c1ccco1. The van der Waals surface area contributed by atoms with Crippen molar-refractivity contribution >= 4 is 5.91 Å². The van der Waals surface area contributed by atoms with E-state index in [1.54, 1.807) is 12.1 Å². The number of pyridine rings is 1. The first-order chi connectivity index (χ1) is 9.80. The van der Waals surface area contributed by atoms with Gasteiger partial charge in [0, 0.05) is 23.9 Å². The second-order valence-electron chi connectivity index (χ2n) is 5.36. The highest BCUT2D eigenvalue weighted by molar-refractivity contribution is 5.91. The third-order valence-electron chi connectivity index (χ3n) is 4.10. The minimum Gasteiger partial charge on any atom is -0.459 e. The number of nitrogens with zero attached hydrogens (tertiary/aromatic N) is 1. The summed E-state index contributed by atoms with van der Waals surface area (Å²) in [5.41, 5.74) is 1.06. The minimum absolute atomic E-state index is 0.0243. The highest BCUT2D eigenvalue weighted by Crippen LogP contribution is 2.39. The molecule has 0 unspecified atom stereocenters. The fraction of sp³-hybridized carbons (Fsp3) is 0.375. The molecule has 2 aromatic rings. The van der Waals surface area contributed by atoms with Gasteiger partial charge in [0.2, 0.25) is 0 Å². The molecule has 0 saturated heterocycles. The quantitative estimate of drug-likeness (QED) is 0.929. The molecule has 1 N–H and O–H groups in total. The molecule has 1 amide bonds. The van der Waals surface area contributed by atoms with E-state index in [4.69, 9.17) is 4.42 Å². The molecular weight excluding hydrogens is 252 g/mol. The van der Waals surface area contributed by atoms with Crippen molar-refractivity contribution in [2.75, 3.05) is 6.54 Å². The molecule has 4 nitrogen and oxygen atoms in total. The summed E-state index contributed by atoms with van der Waals surface area (Å²) < 4.78 is 5.12. The summed E-state index contributed by atoms with van der Waals surface area (Å²) in [5, 5.41) is 2.99. The van der Waals surface area contributed by atoms with Crippen LogP contribution in [-0.4, -0.2) is 17.4 Å². The number of carbonyl (C=O) groups excluding carboxylic acids is 1. The summed E-state index contributed by atoms with van der Waals surface area (Å²) in [4.78, 5) is 16.5. The van der Waals surface area contributed by atoms with E-state index in [0.29, 0.717) is 12.3 Å². The Hall–Kier alpha value is -2.10. The molecule has 4 heteroatoms. The zero-order valence-corrected chi connectivity index (χ0v) is 11.3. The highest BCUT2D eigenvalue weighted by Gasteiger charge is 2.37. The van der Waals surface area contributed by atoms with Crippen LogP contribution in [0.3, 0.4) is 0 Å². The maximum absolute atomic E-state index is 12.0. The molecule has 0 radical (unpaired) electrons. The maximum atomic E-state index is 12.0. The van der Waals surface area contributed by atoms with Crippen molar-refractivity contribution in [1.82, 2.24) is 10.3 Å². The molecular formula is C16H18N2O2. The predicted octanol–water partition coefficient (Wildman–Crippen LogP) is 2.92. The van der Waals surface area contributed by atoms with Crippen LogP contribution in [0.15, 0.2) is 47.2 Å². The van der Waals surface area contributed by atoms with Gasteiger partial charge in [-0.15, -0.1) is 0 Å². The predicted molar refractivity (Wildman–Crippen MR) is 75.4 cm³/mol. The monoisotopic (exact) mass is 270 g/mol. The Bertz CT molecular complexity index is 557. The van der Waals surface area contributed by atoms with Crippen LogP contribution in [0.2, 0.25) is 0 Å². The van der Waals surface area contributed by atoms with Crippen molar-refractivity contribution in [2.45, 2.75) is 31.1 Å². The topological polar surface area (TPSA) is 55.1 Å². The number of hydrogen-bond acceptors (Lipinski definition) is 3. The van der Waals surface area contributed by atoms with Crippen molar-refractivity contribution < 1.29 is 9.21 Å². The standard InChI is InChI=1S/C16H18N2O2/c19-15(13-6-5-11-20-13)18-12-16(8-2-3-9-16)14-7-1-4-10-17-14/h1,4-7,10-11H,2-3,8-9,12H2,(H,18,19). The van der Waals surface area contributed by atoms with Gasteiger partial charge in [-0.3, -0.25) is 9.78 Å². The molecule has 0 spiro atoms. The number of hydrogen-bond donors (Lipinski definition) is 1. The Morgan fingerprint density at radius 2 is 2.10 bits per heavy atom. The van der Waals surface area contributed by atoms with Gasteiger partial charge in [-0.2, -0.15) is 0 Å². The fourth-order valence-corrected chi connectivity index (χ4v) is 3.00. The van der Waals surface area contributed by atoms with E-state index in [1.807, 2.05) is 18.3 Å². The second-order valence-corrected chi connectivity index (χ2v) is 5.36. The first-order valence-electron chi connectivity index (χ1n) is 7.03. The average Bonchev–Trinajstić information content (AvgIpc) is 3.18. The molecule has 20 heavy (non-hydrogen) atoms. The van der Waals surface area contributed by atoms with E-state index in [2.05, 4.69) is 16.4 Å². The van der Waals surface area contributed by atoms with Crippen LogP contribution >= 0.6 is 0 Å². The molecule has 1 fully saturated rings. The molecule has 1 saturated carbocycles. The molecule has 3 rings (SSSR count). The van der Waals surface area contributed by atoms with Gasteiger partial charge in [-0.1, -0.05) is 18.9 Å². The van der Waals surface area contributed by atoms with E-state index in [0.717, 1.165) is 18.5 Å². The summed E-state index contributed by atoms with van der Waals surface area (Å²) in [7, 11) is 0. The number of amides is 1. The van der Waals surface area contributed by atoms with Gasteiger partial charge in [-0.05, 0) is 37.1 Å². The molecule has 104 valence electrons. The molecule has 2 aromatic heterocycles. The van der Waals surface area contributed by atoms with Crippen LogP contribution in [-0.2, 0) is 5.41 Å². The summed E-state index contributed by atoms with van der Waals surface area (Å²) in [5.74, 6) is 0.205. The minimum atomic E-state index is -0.155. The molecule has 1 aliphatic rings. The van der Waals surface area contributed by atoms with Crippen LogP contribution in [0.5, 0.6) is 0 Å². The van der Waals surface area contributed by atoms with Crippen molar-refractivity contribution in [3.8, 4) is 0 Å². The number of carbonyl (C=O) groups is 1. The van der Waals surface area contributed by atoms with Crippen molar-refractivity contribution in [3.63, 3.8) is 0 Å². The van der Waals surface area contributed by atoms with Crippen LogP contribution < -0.4 is 5.32 Å². The van der Waals surface area contributed by atoms with Gasteiger partial charge < -0.3 is 9.73 Å². The van der Waals surface area contributed by atoms with Gasteiger partial charge in [-0.25, -0.2) is 0 Å². The lowest BCUT2D eigenvalue weighted by Crippen LogP contribution is -2.39. The van der Waals surface area contributed by atoms with Gasteiger partial charge in [0.05, 0.1) is 6.26 Å². The van der Waals surface area contributed by atoms with Gasteiger partial charge >= 0.3 is 0 Å². The zero-order valence-electron chi connectivity index (χ0n) is 11.3. The Kier molecular flexibility index (Phi) is 3.54. The lowest BCUT2D eigenvalue weighted by Gasteiger charge is -2.28. The second kappa shape index (κ2) is 5.49. The average molecular weight is 270 g/mol. The van der Waals surface area contributed by atoms with Gasteiger partial charge in [0.1, 0.15) is 0 Å². The number of rotatable bonds is 4. The molecule has 0 atom stereocenters. The Labute approximate surface area is 118 Å². The fourth-order valence-electron chi connectivity index (χ4n) is 3.00. The third-order valence-corrected chi connectivity index (χ3v) is 4.10. The Morgan fingerprint density at radius 1 is 1.25 bits per heavy atom. The smallest absolute Gasteiger partial charge is 0.287 e. The van der Waals surface area contributed by atoms with Crippen molar-refractivity contribution in [2.24, 2.45) is 0 Å². The van der Waals surface area contributed by atoms with Crippen LogP contribution in [0.25, 0.3) is 0 Å². The first-order valence-corrected chi connectivity index (χ1v) is 7.03. The van der Waals surface area contributed by atoms with Gasteiger partial charge in [0.15, 0.2) is 5.76 Å². The van der Waals surface area contributed by atoms with E-state index < -0.39 is 0 Å². The van der Waals surface area contributed by atoms with E-state index in [-0.39, 0.29) is 11.3 Å². The highest BCUT2D eigenvalue weighted by atomic mass is 16.3. The molecule has 1 aliphatic carbocycles. The Morgan fingerprint density at radius 3 is 2.75 bits per heavy atom. The number of furan rings is 1. The summed E-state index contributed by atoms with van der Waals surface area (Å²) >= 11 is 0. The van der Waals surface area contributed by atoms with Crippen LogP contribution in [0.4, 0.5) is 0 Å². The number of nitrogens with one attached hydrogen (secondary N) is 1. The summed E-state index contributed by atoms with van der Waals surface area (Å²) in [6.07, 6.45) is 7.86. The maximum Gasteiger partial charge on any atom is 0.287 e. The van der Waals surface area contributed by atoms with Crippen LogP contribution in [0.1, 0.15) is 41.9 Å². The van der Waals surface area contributed by atoms with Crippen LogP contribution in [0, 0.1) is 0 Å². The third kappa shape index (κ3) is 2.46.